The van der Waals surface area contributed by atoms with Crippen LogP contribution in [0.2, 0.25) is 0 Å². The molecule has 4 N–H and O–H groups in total. The molecule has 1 fully saturated rings. The molecular formula is C16H28N2O5S. The van der Waals surface area contributed by atoms with Gasteiger partial charge in [0.15, 0.2) is 0 Å². The van der Waals surface area contributed by atoms with Gasteiger partial charge in [0.1, 0.15) is 6.04 Å². The van der Waals surface area contributed by atoms with Crippen molar-refractivity contribution >= 4 is 29.6 Å². The monoisotopic (exact) mass is 360 g/mol. The summed E-state index contributed by atoms with van der Waals surface area (Å²) in [6.07, 6.45) is 4.12. The second kappa shape index (κ2) is 9.27. The number of carboxylic acid groups (broad SMARTS) is 1. The maximum absolute atomic E-state index is 12.0. The number of aliphatic carboxylic acids is 1. The maximum Gasteiger partial charge on any atom is 0.329 e. The van der Waals surface area contributed by atoms with Gasteiger partial charge in [-0.25, -0.2) is 4.79 Å². The maximum atomic E-state index is 12.0. The molecular weight excluding hydrogens is 332 g/mol. The normalized spacial score (nSPS) is 26.2. The average Bonchev–Trinajstić information content (AvgIpc) is 2.52. The summed E-state index contributed by atoms with van der Waals surface area (Å²) in [6, 6.07) is -2.03. The molecule has 0 aliphatic heterocycles. The molecule has 0 aromatic carbocycles. The van der Waals surface area contributed by atoms with E-state index in [0.29, 0.717) is 11.7 Å². The molecule has 138 valence electrons. The molecule has 7 nitrogen and oxygen atoms in total. The second-order valence-electron chi connectivity index (χ2n) is 6.56. The van der Waals surface area contributed by atoms with Crippen LogP contribution in [0.5, 0.6) is 0 Å². The van der Waals surface area contributed by atoms with Crippen LogP contribution in [0.3, 0.4) is 0 Å². The van der Waals surface area contributed by atoms with Crippen molar-refractivity contribution in [2.45, 2.75) is 62.8 Å². The molecule has 8 heteroatoms. The van der Waals surface area contributed by atoms with E-state index in [4.69, 9.17) is 15.6 Å². The Balaban J connectivity index is 2.67. The number of hydrogen-bond acceptors (Lipinski definition) is 6. The SMILES string of the molecule is COC(=O)[C@H](CS[C@]1(C)CCCC[C@H]1C)NC(=O)[C@@H](N)CC(=O)O. The average molecular weight is 360 g/mol. The Kier molecular flexibility index (Phi) is 8.02. The molecule has 1 aliphatic carbocycles. The summed E-state index contributed by atoms with van der Waals surface area (Å²) in [6.45, 7) is 4.40. The zero-order valence-electron chi connectivity index (χ0n) is 14.5. The van der Waals surface area contributed by atoms with Crippen molar-refractivity contribution in [3.05, 3.63) is 0 Å². The molecule has 0 unspecified atom stereocenters. The number of ether oxygens (including phenoxy) is 1. The Labute approximate surface area is 147 Å². The number of hydrogen-bond donors (Lipinski definition) is 3. The van der Waals surface area contributed by atoms with Crippen LogP contribution >= 0.6 is 11.8 Å². The van der Waals surface area contributed by atoms with Gasteiger partial charge < -0.3 is 20.9 Å². The van der Waals surface area contributed by atoms with Gasteiger partial charge in [-0.05, 0) is 18.8 Å². The van der Waals surface area contributed by atoms with E-state index in [9.17, 15) is 14.4 Å². The molecule has 1 aliphatic rings. The van der Waals surface area contributed by atoms with Gasteiger partial charge in [0.2, 0.25) is 5.91 Å². The van der Waals surface area contributed by atoms with E-state index in [-0.39, 0.29) is 4.75 Å². The number of thioether (sulfide) groups is 1. The third-order valence-electron chi connectivity index (χ3n) is 4.72. The minimum atomic E-state index is -1.19. The first-order valence-corrected chi connectivity index (χ1v) is 9.17. The number of carbonyl (C=O) groups is 3. The standard InChI is InChI=1S/C16H28N2O5S/c1-10-6-4-5-7-16(10,2)24-9-12(15(22)23-3)18-14(21)11(17)8-13(19)20/h10-12H,4-9,17H2,1-3H3,(H,18,21)(H,19,20)/t10-,11+,12+,16-/m1/s1. The highest BCUT2D eigenvalue weighted by Gasteiger charge is 2.36. The number of nitrogens with one attached hydrogen (secondary N) is 1. The van der Waals surface area contributed by atoms with E-state index in [1.165, 1.54) is 13.5 Å². The van der Waals surface area contributed by atoms with Gasteiger partial charge in [0, 0.05) is 10.5 Å². The van der Waals surface area contributed by atoms with Crippen LogP contribution < -0.4 is 11.1 Å². The van der Waals surface area contributed by atoms with Crippen molar-refractivity contribution in [3.63, 3.8) is 0 Å². The fourth-order valence-electron chi connectivity index (χ4n) is 2.84. The largest absolute Gasteiger partial charge is 0.481 e. The van der Waals surface area contributed by atoms with Crippen LogP contribution in [0, 0.1) is 5.92 Å². The molecule has 0 aromatic rings. The summed E-state index contributed by atoms with van der Waals surface area (Å²) in [5, 5.41) is 11.2. The molecule has 0 saturated heterocycles. The van der Waals surface area contributed by atoms with Crippen LogP contribution in [-0.2, 0) is 19.1 Å². The fraction of sp³-hybridized carbons (Fsp3) is 0.812. The molecule has 0 bridgehead atoms. The van der Waals surface area contributed by atoms with Crippen molar-refractivity contribution in [3.8, 4) is 0 Å². The Morgan fingerprint density at radius 1 is 1.42 bits per heavy atom. The summed E-state index contributed by atoms with van der Waals surface area (Å²) in [5.41, 5.74) is 5.54. The Morgan fingerprint density at radius 3 is 2.62 bits per heavy atom. The van der Waals surface area contributed by atoms with Gasteiger partial charge in [0.05, 0.1) is 19.6 Å². The number of rotatable bonds is 8. The lowest BCUT2D eigenvalue weighted by Gasteiger charge is -2.40. The highest BCUT2D eigenvalue weighted by Crippen LogP contribution is 2.43. The first-order valence-electron chi connectivity index (χ1n) is 8.19. The van der Waals surface area contributed by atoms with Gasteiger partial charge >= 0.3 is 11.9 Å². The number of amides is 1. The van der Waals surface area contributed by atoms with Crippen LogP contribution in [-0.4, -0.2) is 52.6 Å². The van der Waals surface area contributed by atoms with Gasteiger partial charge in [-0.1, -0.05) is 26.7 Å². The molecule has 0 heterocycles. The summed E-state index contributed by atoms with van der Waals surface area (Å²) < 4.78 is 4.80. The number of carboxylic acids is 1. The highest BCUT2D eigenvalue weighted by molar-refractivity contribution is 8.00. The van der Waals surface area contributed by atoms with Crippen molar-refractivity contribution in [1.82, 2.24) is 5.32 Å². The van der Waals surface area contributed by atoms with Gasteiger partial charge in [-0.2, -0.15) is 11.8 Å². The lowest BCUT2D eigenvalue weighted by atomic mass is 9.81. The Bertz CT molecular complexity index is 473. The van der Waals surface area contributed by atoms with Crippen molar-refractivity contribution in [1.29, 1.82) is 0 Å². The summed E-state index contributed by atoms with van der Waals surface area (Å²) in [7, 11) is 1.26. The number of methoxy groups -OCH3 is 1. The summed E-state index contributed by atoms with van der Waals surface area (Å²) >= 11 is 1.65. The minimum absolute atomic E-state index is 0.0540. The minimum Gasteiger partial charge on any atom is -0.481 e. The molecule has 1 rings (SSSR count). The first-order chi connectivity index (χ1) is 11.2. The molecule has 0 aromatic heterocycles. The van der Waals surface area contributed by atoms with Crippen LogP contribution in [0.25, 0.3) is 0 Å². The van der Waals surface area contributed by atoms with Gasteiger partial charge in [-0.15, -0.1) is 0 Å². The van der Waals surface area contributed by atoms with Gasteiger partial charge in [-0.3, -0.25) is 9.59 Å². The third-order valence-corrected chi connectivity index (χ3v) is 6.48. The molecule has 24 heavy (non-hydrogen) atoms. The molecule has 1 saturated carbocycles. The molecule has 0 radical (unpaired) electrons. The lowest BCUT2D eigenvalue weighted by Crippen LogP contribution is -2.51. The van der Waals surface area contributed by atoms with E-state index in [0.717, 1.165) is 19.3 Å². The van der Waals surface area contributed by atoms with Crippen molar-refractivity contribution < 1.29 is 24.2 Å². The quantitative estimate of drug-likeness (QED) is 0.556. The third kappa shape index (κ3) is 5.98. The van der Waals surface area contributed by atoms with Crippen molar-refractivity contribution in [2.24, 2.45) is 11.7 Å². The Hall–Kier alpha value is -1.28. The number of nitrogens with two attached hydrogens (primary N) is 1. The summed E-state index contributed by atoms with van der Waals surface area (Å²) in [4.78, 5) is 34.6. The van der Waals surface area contributed by atoms with Crippen LogP contribution in [0.15, 0.2) is 0 Å². The van der Waals surface area contributed by atoms with E-state index in [2.05, 4.69) is 19.2 Å². The zero-order valence-corrected chi connectivity index (χ0v) is 15.4. The van der Waals surface area contributed by atoms with E-state index >= 15 is 0 Å². The van der Waals surface area contributed by atoms with Gasteiger partial charge in [0.25, 0.3) is 0 Å². The molecule has 1 amide bonds. The van der Waals surface area contributed by atoms with E-state index < -0.39 is 36.4 Å². The lowest BCUT2D eigenvalue weighted by molar-refractivity contribution is -0.144. The first kappa shape index (κ1) is 20.8. The second-order valence-corrected chi connectivity index (χ2v) is 8.11. The number of carbonyl (C=O) groups excluding carboxylic acids is 2. The van der Waals surface area contributed by atoms with E-state index in [1.807, 2.05) is 0 Å². The van der Waals surface area contributed by atoms with E-state index in [1.54, 1.807) is 11.8 Å². The topological polar surface area (TPSA) is 119 Å². The highest BCUT2D eigenvalue weighted by atomic mass is 32.2. The molecule has 0 spiro atoms. The smallest absolute Gasteiger partial charge is 0.329 e. The zero-order chi connectivity index (χ0) is 18.3. The number of esters is 1. The van der Waals surface area contributed by atoms with Crippen LogP contribution in [0.4, 0.5) is 0 Å². The van der Waals surface area contributed by atoms with Crippen molar-refractivity contribution in [2.75, 3.05) is 12.9 Å². The molecule has 4 atom stereocenters. The predicted octanol–water partition coefficient (Wildman–Crippen LogP) is 1.15. The summed E-state index contributed by atoms with van der Waals surface area (Å²) in [5.74, 6) is -1.47. The fourth-order valence-corrected chi connectivity index (χ4v) is 4.29. The Morgan fingerprint density at radius 2 is 2.08 bits per heavy atom. The predicted molar refractivity (Wildman–Crippen MR) is 92.7 cm³/mol. The van der Waals surface area contributed by atoms with Crippen LogP contribution in [0.1, 0.15) is 46.0 Å².